The van der Waals surface area contributed by atoms with E-state index < -0.39 is 34.0 Å². The summed E-state index contributed by atoms with van der Waals surface area (Å²) in [5.74, 6) is -4.16. The summed E-state index contributed by atoms with van der Waals surface area (Å²) in [7, 11) is 0. The third-order valence-electron chi connectivity index (χ3n) is 3.94. The molecular formula is C16H11F3N2O6S2. The topological polar surface area (TPSA) is 107 Å². The number of carbonyl (C=O) groups is 3. The minimum absolute atomic E-state index is 0.118. The van der Waals surface area contributed by atoms with Crippen molar-refractivity contribution in [3.05, 3.63) is 49.9 Å². The number of ketones is 1. The number of halogens is 3. The Morgan fingerprint density at radius 2 is 1.97 bits per heavy atom. The maximum Gasteiger partial charge on any atom is 0.450 e. The van der Waals surface area contributed by atoms with Crippen LogP contribution in [0.4, 0.5) is 18.9 Å². The van der Waals surface area contributed by atoms with Gasteiger partial charge in [-0.1, -0.05) is 11.8 Å². The Kier molecular flexibility index (Phi) is 5.89. The predicted octanol–water partition coefficient (Wildman–Crippen LogP) is 2.98. The van der Waals surface area contributed by atoms with Crippen molar-refractivity contribution >= 4 is 46.9 Å². The normalized spacial score (nSPS) is 18.4. The molecule has 154 valence electrons. The van der Waals surface area contributed by atoms with Crippen molar-refractivity contribution in [1.29, 1.82) is 0 Å². The first-order valence-corrected chi connectivity index (χ1v) is 9.80. The summed E-state index contributed by atoms with van der Waals surface area (Å²) in [6, 6.07) is 5.23. The number of ether oxygens (including phenoxy) is 1. The summed E-state index contributed by atoms with van der Waals surface area (Å²) in [5.41, 5.74) is 0.123. The lowest BCUT2D eigenvalue weighted by Crippen LogP contribution is -2.48. The Morgan fingerprint density at radius 3 is 2.52 bits per heavy atom. The second kappa shape index (κ2) is 8.06. The molecule has 1 amide bonds. The number of nitro benzene ring substituents is 1. The number of hydrogen-bond donors (Lipinski definition) is 0. The van der Waals surface area contributed by atoms with Crippen molar-refractivity contribution in [2.45, 2.75) is 24.6 Å². The van der Waals surface area contributed by atoms with Gasteiger partial charge in [0.05, 0.1) is 26.7 Å². The summed E-state index contributed by atoms with van der Waals surface area (Å²) in [5, 5.41) is 10.2. The van der Waals surface area contributed by atoms with Crippen molar-refractivity contribution in [2.75, 3.05) is 5.75 Å². The van der Waals surface area contributed by atoms with E-state index in [0.717, 1.165) is 16.7 Å². The van der Waals surface area contributed by atoms with E-state index in [1.165, 1.54) is 24.3 Å². The van der Waals surface area contributed by atoms with Crippen molar-refractivity contribution in [1.82, 2.24) is 4.90 Å². The largest absolute Gasteiger partial charge is 0.456 e. The Labute approximate surface area is 169 Å². The molecule has 1 fully saturated rings. The average molecular weight is 448 g/mol. The van der Waals surface area contributed by atoms with Gasteiger partial charge in [0.25, 0.3) is 5.69 Å². The smallest absolute Gasteiger partial charge is 0.450 e. The van der Waals surface area contributed by atoms with Gasteiger partial charge < -0.3 is 4.74 Å². The van der Waals surface area contributed by atoms with Crippen LogP contribution in [0.5, 0.6) is 0 Å². The van der Waals surface area contributed by atoms with Crippen molar-refractivity contribution in [2.24, 2.45) is 0 Å². The highest BCUT2D eigenvalue weighted by Gasteiger charge is 2.49. The summed E-state index contributed by atoms with van der Waals surface area (Å²) in [6.45, 7) is -0.253. The van der Waals surface area contributed by atoms with Crippen molar-refractivity contribution in [3.63, 3.8) is 0 Å². The van der Waals surface area contributed by atoms with Crippen LogP contribution in [0.25, 0.3) is 0 Å². The van der Waals surface area contributed by atoms with E-state index >= 15 is 0 Å². The number of benzene rings is 1. The highest BCUT2D eigenvalue weighted by Crippen LogP contribution is 2.51. The van der Waals surface area contributed by atoms with Gasteiger partial charge in [-0.25, -0.2) is 4.79 Å². The van der Waals surface area contributed by atoms with E-state index in [0.29, 0.717) is 17.3 Å². The highest BCUT2D eigenvalue weighted by atomic mass is 32.2. The molecule has 1 aromatic rings. The number of alkyl halides is 3. The number of thioether (sulfide) groups is 2. The molecule has 0 saturated carbocycles. The van der Waals surface area contributed by atoms with Crippen molar-refractivity contribution in [3.8, 4) is 0 Å². The van der Waals surface area contributed by atoms with Gasteiger partial charge in [0.2, 0.25) is 11.7 Å². The van der Waals surface area contributed by atoms with Crippen LogP contribution < -0.4 is 0 Å². The summed E-state index contributed by atoms with van der Waals surface area (Å²) in [6.07, 6.45) is -4.86. The van der Waals surface area contributed by atoms with Crippen LogP contribution in [-0.2, 0) is 25.7 Å². The quantitative estimate of drug-likeness (QED) is 0.271. The van der Waals surface area contributed by atoms with Gasteiger partial charge in [-0.2, -0.15) is 13.2 Å². The maximum atomic E-state index is 12.5. The Balaban J connectivity index is 1.69. The van der Waals surface area contributed by atoms with Crippen LogP contribution in [-0.4, -0.2) is 44.8 Å². The molecule has 0 radical (unpaired) electrons. The van der Waals surface area contributed by atoms with E-state index in [-0.39, 0.29) is 34.6 Å². The summed E-state index contributed by atoms with van der Waals surface area (Å²) in [4.78, 5) is 46.6. The molecule has 0 N–H and O–H groups in total. The number of non-ortho nitro benzene ring substituents is 1. The molecule has 2 aliphatic heterocycles. The first-order valence-electron chi connectivity index (χ1n) is 7.94. The molecule has 0 unspecified atom stereocenters. The van der Waals surface area contributed by atoms with Gasteiger partial charge in [0, 0.05) is 12.1 Å². The van der Waals surface area contributed by atoms with Gasteiger partial charge in [-0.3, -0.25) is 24.6 Å². The zero-order valence-corrected chi connectivity index (χ0v) is 15.9. The second-order valence-electron chi connectivity index (χ2n) is 5.89. The minimum Gasteiger partial charge on any atom is -0.456 e. The van der Waals surface area contributed by atoms with Gasteiger partial charge in [0.15, 0.2) is 5.70 Å². The minimum atomic E-state index is -4.98. The Bertz CT molecular complexity index is 916. The standard InChI is InChI=1S/C16H11F3N2O6S2/c17-16(18,19)10(22)7-28-15-13(20-11(23)5-12(20)29-15)14(24)27-6-8-1-3-9(4-2-8)21(25)26/h1-4,12H,5-7H2/t12-/m0/s1. The fraction of sp³-hybridized carbons (Fsp3) is 0.312. The van der Waals surface area contributed by atoms with Gasteiger partial charge in [-0.15, -0.1) is 11.8 Å². The van der Waals surface area contributed by atoms with Crippen LogP contribution in [0.2, 0.25) is 0 Å². The summed E-state index contributed by atoms with van der Waals surface area (Å²) < 4.78 is 42.5. The zero-order valence-electron chi connectivity index (χ0n) is 14.3. The van der Waals surface area contributed by atoms with Gasteiger partial charge in [0.1, 0.15) is 6.61 Å². The number of hydrogen-bond acceptors (Lipinski definition) is 8. The molecule has 8 nitrogen and oxygen atoms in total. The number of Topliss-reactive ketones (excluding diaryl/α,β-unsaturated/α-hetero) is 1. The first-order chi connectivity index (χ1) is 13.6. The zero-order chi connectivity index (χ0) is 21.3. The van der Waals surface area contributed by atoms with E-state index in [9.17, 15) is 37.7 Å². The molecule has 29 heavy (non-hydrogen) atoms. The lowest BCUT2D eigenvalue weighted by molar-refractivity contribution is -0.384. The lowest BCUT2D eigenvalue weighted by Gasteiger charge is -2.34. The van der Waals surface area contributed by atoms with Crippen LogP contribution >= 0.6 is 23.5 Å². The van der Waals surface area contributed by atoms with Crippen LogP contribution in [0.15, 0.2) is 34.2 Å². The monoisotopic (exact) mass is 448 g/mol. The Hall–Kier alpha value is -2.54. The molecule has 0 bridgehead atoms. The SMILES string of the molecule is O=C(OCc1ccc([N+](=O)[O-])cc1)C1=C(SCC(=O)C(F)(F)F)S[C@H]2CC(=O)N12. The molecule has 0 spiro atoms. The third kappa shape index (κ3) is 4.56. The average Bonchev–Trinajstić information content (AvgIpc) is 2.95. The lowest BCUT2D eigenvalue weighted by atomic mass is 10.2. The van der Waals surface area contributed by atoms with E-state index in [1.54, 1.807) is 0 Å². The number of fused-ring (bicyclic) bond motifs is 1. The molecular weight excluding hydrogens is 437 g/mol. The van der Waals surface area contributed by atoms with E-state index in [2.05, 4.69) is 0 Å². The second-order valence-corrected chi connectivity index (χ2v) is 8.32. The van der Waals surface area contributed by atoms with Crippen LogP contribution in [0, 0.1) is 10.1 Å². The number of carbonyl (C=O) groups excluding carboxylic acids is 3. The number of nitrogens with zero attached hydrogens (tertiary/aromatic N) is 2. The number of amides is 1. The molecule has 0 aliphatic carbocycles. The van der Waals surface area contributed by atoms with Gasteiger partial charge in [-0.05, 0) is 17.7 Å². The molecule has 1 aromatic carbocycles. The fourth-order valence-corrected chi connectivity index (χ4v) is 5.08. The number of esters is 1. The maximum absolute atomic E-state index is 12.5. The highest BCUT2D eigenvalue weighted by molar-refractivity contribution is 8.23. The van der Waals surface area contributed by atoms with Crippen LogP contribution in [0.1, 0.15) is 12.0 Å². The fourth-order valence-electron chi connectivity index (χ4n) is 2.46. The van der Waals surface area contributed by atoms with E-state index in [4.69, 9.17) is 4.74 Å². The molecule has 3 rings (SSSR count). The number of rotatable bonds is 7. The molecule has 2 aliphatic rings. The summed E-state index contributed by atoms with van der Waals surface area (Å²) >= 11 is 1.57. The molecule has 2 heterocycles. The Morgan fingerprint density at radius 1 is 1.31 bits per heavy atom. The molecule has 0 aromatic heterocycles. The molecule has 1 saturated heterocycles. The van der Waals surface area contributed by atoms with Gasteiger partial charge >= 0.3 is 12.1 Å². The first kappa shape index (κ1) is 21.2. The molecule has 13 heteroatoms. The number of nitro groups is 1. The predicted molar refractivity (Wildman–Crippen MR) is 96.3 cm³/mol. The third-order valence-corrected chi connectivity index (χ3v) is 6.51. The van der Waals surface area contributed by atoms with Crippen molar-refractivity contribution < 1.29 is 37.2 Å². The van der Waals surface area contributed by atoms with E-state index in [1.807, 2.05) is 0 Å². The molecule has 1 atom stereocenters. The number of β-lactam (4-membered cyclic amide) rings is 1. The van der Waals surface area contributed by atoms with Crippen LogP contribution in [0.3, 0.4) is 0 Å².